The van der Waals surface area contributed by atoms with Gasteiger partial charge in [0.15, 0.2) is 0 Å². The van der Waals surface area contributed by atoms with Crippen molar-refractivity contribution in [1.29, 1.82) is 0 Å². The van der Waals surface area contributed by atoms with Gasteiger partial charge < -0.3 is 4.74 Å². The fourth-order valence-corrected chi connectivity index (χ4v) is 2.79. The first kappa shape index (κ1) is 13.5. The topological polar surface area (TPSA) is 22.1 Å². The zero-order valence-corrected chi connectivity index (χ0v) is 11.9. The Morgan fingerprint density at radius 2 is 1.10 bits per heavy atom. The zero-order valence-electron chi connectivity index (χ0n) is 11.9. The van der Waals surface area contributed by atoms with Crippen molar-refractivity contribution in [2.24, 2.45) is 0 Å². The summed E-state index contributed by atoms with van der Waals surface area (Å²) in [6.45, 7) is 0. The van der Waals surface area contributed by atoms with Crippen molar-refractivity contribution in [3.63, 3.8) is 0 Å². The number of hydrogen-bond donors (Lipinski definition) is 0. The van der Waals surface area contributed by atoms with Crippen molar-refractivity contribution < 1.29 is 4.74 Å². The van der Waals surface area contributed by atoms with Crippen molar-refractivity contribution in [2.45, 2.75) is 5.60 Å². The number of rotatable bonds is 4. The molecular weight excluding hydrogens is 258 g/mol. The first-order valence-corrected chi connectivity index (χ1v) is 6.94. The second kappa shape index (κ2) is 5.90. The fourth-order valence-electron chi connectivity index (χ4n) is 2.79. The van der Waals surface area contributed by atoms with Crippen LogP contribution in [0.25, 0.3) is 0 Å². The van der Waals surface area contributed by atoms with Crippen molar-refractivity contribution in [1.82, 2.24) is 4.98 Å². The Bertz CT molecular complexity index is 584. The summed E-state index contributed by atoms with van der Waals surface area (Å²) < 4.78 is 6.07. The van der Waals surface area contributed by atoms with Crippen molar-refractivity contribution in [3.8, 4) is 0 Å². The molecule has 2 heteroatoms. The lowest BCUT2D eigenvalue weighted by atomic mass is 9.80. The quantitative estimate of drug-likeness (QED) is 0.717. The molecule has 1 aromatic heterocycles. The minimum absolute atomic E-state index is 0.620. The summed E-state index contributed by atoms with van der Waals surface area (Å²) in [5.74, 6) is 0. The molecule has 3 aromatic rings. The molecule has 0 N–H and O–H groups in total. The molecule has 1 heterocycles. The van der Waals surface area contributed by atoms with Crippen LogP contribution in [0.5, 0.6) is 0 Å². The van der Waals surface area contributed by atoms with Crippen molar-refractivity contribution in [2.75, 3.05) is 7.11 Å². The van der Waals surface area contributed by atoms with E-state index in [1.54, 1.807) is 19.5 Å². The highest BCUT2D eigenvalue weighted by Crippen LogP contribution is 2.39. The summed E-state index contributed by atoms with van der Waals surface area (Å²) in [7, 11) is 1.75. The Labute approximate surface area is 125 Å². The molecule has 0 amide bonds. The Morgan fingerprint density at radius 3 is 1.52 bits per heavy atom. The van der Waals surface area contributed by atoms with Crippen LogP contribution >= 0.6 is 0 Å². The molecular formula is C19H17NO. The van der Waals surface area contributed by atoms with Gasteiger partial charge in [-0.15, -0.1) is 0 Å². The smallest absolute Gasteiger partial charge is 0.143 e. The highest BCUT2D eigenvalue weighted by atomic mass is 16.5. The first-order chi connectivity index (χ1) is 10.4. The molecule has 21 heavy (non-hydrogen) atoms. The van der Waals surface area contributed by atoms with Gasteiger partial charge in [-0.3, -0.25) is 4.98 Å². The standard InChI is InChI=1S/C19H17NO/c1-21-19(16-8-4-2-5-9-16,17-10-6-3-7-11-17)18-12-14-20-15-13-18/h2-15H,1H3. The predicted molar refractivity (Wildman–Crippen MR) is 84.0 cm³/mol. The molecule has 0 fully saturated rings. The minimum atomic E-state index is -0.620. The van der Waals surface area contributed by atoms with Gasteiger partial charge in [-0.25, -0.2) is 0 Å². The lowest BCUT2D eigenvalue weighted by Crippen LogP contribution is -2.31. The van der Waals surface area contributed by atoms with Crippen molar-refractivity contribution in [3.05, 3.63) is 102 Å². The van der Waals surface area contributed by atoms with Gasteiger partial charge in [0, 0.05) is 19.5 Å². The van der Waals surface area contributed by atoms with E-state index in [0.29, 0.717) is 0 Å². The van der Waals surface area contributed by atoms with Crippen LogP contribution in [0.15, 0.2) is 85.2 Å². The van der Waals surface area contributed by atoms with Gasteiger partial charge >= 0.3 is 0 Å². The molecule has 0 radical (unpaired) electrons. The Balaban J connectivity index is 2.29. The van der Waals surface area contributed by atoms with E-state index in [2.05, 4.69) is 29.2 Å². The molecule has 0 spiro atoms. The average Bonchev–Trinajstić information content (AvgIpc) is 2.59. The first-order valence-electron chi connectivity index (χ1n) is 6.94. The number of hydrogen-bond acceptors (Lipinski definition) is 2. The molecule has 0 saturated carbocycles. The maximum atomic E-state index is 6.07. The maximum Gasteiger partial charge on any atom is 0.143 e. The Morgan fingerprint density at radius 1 is 0.667 bits per heavy atom. The van der Waals surface area contributed by atoms with E-state index in [9.17, 15) is 0 Å². The van der Waals surface area contributed by atoms with Crippen LogP contribution in [-0.2, 0) is 10.3 Å². The van der Waals surface area contributed by atoms with Gasteiger partial charge in [-0.1, -0.05) is 60.7 Å². The van der Waals surface area contributed by atoms with Gasteiger partial charge in [0.25, 0.3) is 0 Å². The number of methoxy groups -OCH3 is 1. The highest BCUT2D eigenvalue weighted by Gasteiger charge is 2.36. The number of benzene rings is 2. The molecule has 2 nitrogen and oxygen atoms in total. The van der Waals surface area contributed by atoms with Crippen LogP contribution in [0.3, 0.4) is 0 Å². The molecule has 0 bridgehead atoms. The van der Waals surface area contributed by atoms with Gasteiger partial charge in [-0.2, -0.15) is 0 Å². The second-order valence-electron chi connectivity index (χ2n) is 4.85. The minimum Gasteiger partial charge on any atom is -0.364 e. The normalized spacial score (nSPS) is 11.3. The van der Waals surface area contributed by atoms with E-state index in [4.69, 9.17) is 4.74 Å². The molecule has 104 valence electrons. The molecule has 0 aliphatic heterocycles. The third kappa shape index (κ3) is 2.34. The molecule has 2 aromatic carbocycles. The Kier molecular flexibility index (Phi) is 3.80. The number of nitrogens with zero attached hydrogens (tertiary/aromatic N) is 1. The van der Waals surface area contributed by atoms with E-state index < -0.39 is 5.60 Å². The summed E-state index contributed by atoms with van der Waals surface area (Å²) in [6, 6.07) is 24.6. The largest absolute Gasteiger partial charge is 0.364 e. The fraction of sp³-hybridized carbons (Fsp3) is 0.105. The monoisotopic (exact) mass is 275 g/mol. The molecule has 0 aliphatic carbocycles. The lowest BCUT2D eigenvalue weighted by Gasteiger charge is -2.34. The second-order valence-corrected chi connectivity index (χ2v) is 4.85. The van der Waals surface area contributed by atoms with E-state index >= 15 is 0 Å². The van der Waals surface area contributed by atoms with Gasteiger partial charge in [0.2, 0.25) is 0 Å². The van der Waals surface area contributed by atoms with Crippen LogP contribution in [0, 0.1) is 0 Å². The summed E-state index contributed by atoms with van der Waals surface area (Å²) >= 11 is 0. The predicted octanol–water partition coefficient (Wildman–Crippen LogP) is 4.02. The van der Waals surface area contributed by atoms with Gasteiger partial charge in [0.1, 0.15) is 5.60 Å². The van der Waals surface area contributed by atoms with E-state index in [-0.39, 0.29) is 0 Å². The van der Waals surface area contributed by atoms with Crippen molar-refractivity contribution >= 4 is 0 Å². The lowest BCUT2D eigenvalue weighted by molar-refractivity contribution is 0.0584. The summed E-state index contributed by atoms with van der Waals surface area (Å²) in [4.78, 5) is 4.12. The van der Waals surface area contributed by atoms with Crippen LogP contribution in [-0.4, -0.2) is 12.1 Å². The van der Waals surface area contributed by atoms with Crippen LogP contribution in [0.2, 0.25) is 0 Å². The van der Waals surface area contributed by atoms with E-state index in [0.717, 1.165) is 16.7 Å². The zero-order chi connectivity index (χ0) is 14.5. The maximum absolute atomic E-state index is 6.07. The Hall–Kier alpha value is -2.45. The number of ether oxygens (including phenoxy) is 1. The van der Waals surface area contributed by atoms with E-state index in [1.165, 1.54) is 0 Å². The summed E-state index contributed by atoms with van der Waals surface area (Å²) in [5.41, 5.74) is 2.65. The van der Waals surface area contributed by atoms with Gasteiger partial charge in [-0.05, 0) is 28.8 Å². The van der Waals surface area contributed by atoms with Gasteiger partial charge in [0.05, 0.1) is 0 Å². The average molecular weight is 275 g/mol. The molecule has 0 unspecified atom stereocenters. The third-order valence-electron chi connectivity index (χ3n) is 3.75. The van der Waals surface area contributed by atoms with E-state index in [1.807, 2.05) is 48.5 Å². The number of pyridine rings is 1. The molecule has 0 saturated heterocycles. The van der Waals surface area contributed by atoms with Crippen LogP contribution in [0.4, 0.5) is 0 Å². The molecule has 0 atom stereocenters. The summed E-state index contributed by atoms with van der Waals surface area (Å²) in [6.07, 6.45) is 3.60. The van der Waals surface area contributed by atoms with Crippen LogP contribution < -0.4 is 0 Å². The third-order valence-corrected chi connectivity index (χ3v) is 3.75. The van der Waals surface area contributed by atoms with Crippen LogP contribution in [0.1, 0.15) is 16.7 Å². The number of aromatic nitrogens is 1. The molecule has 3 rings (SSSR count). The molecule has 0 aliphatic rings. The summed E-state index contributed by atoms with van der Waals surface area (Å²) in [5, 5.41) is 0. The SMILES string of the molecule is COC(c1ccccc1)(c1ccccc1)c1ccncc1. The highest BCUT2D eigenvalue weighted by molar-refractivity contribution is 5.46.